The van der Waals surface area contributed by atoms with Crippen LogP contribution in [-0.4, -0.2) is 19.0 Å². The summed E-state index contributed by atoms with van der Waals surface area (Å²) in [5, 5.41) is 3.20. The Labute approximate surface area is 134 Å². The van der Waals surface area contributed by atoms with Gasteiger partial charge in [-0.25, -0.2) is 0 Å². The van der Waals surface area contributed by atoms with Crippen molar-refractivity contribution >= 4 is 21.8 Å². The lowest BCUT2D eigenvalue weighted by atomic mass is 9.93. The number of amides is 1. The molecule has 114 valence electrons. The third kappa shape index (κ3) is 3.02. The van der Waals surface area contributed by atoms with Gasteiger partial charge < -0.3 is 11.1 Å². The molecule has 0 spiro atoms. The van der Waals surface area contributed by atoms with Crippen molar-refractivity contribution in [2.75, 3.05) is 13.1 Å². The summed E-state index contributed by atoms with van der Waals surface area (Å²) in [4.78, 5) is 12.4. The summed E-state index contributed by atoms with van der Waals surface area (Å²) < 4.78 is 1.15. The van der Waals surface area contributed by atoms with E-state index in [1.54, 1.807) is 0 Å². The van der Waals surface area contributed by atoms with Gasteiger partial charge in [0.2, 0.25) is 5.91 Å². The number of carbonyl (C=O) groups excluding carboxylic acids is 1. The number of rotatable bonds is 5. The Bertz CT molecular complexity index is 527. The smallest absolute Gasteiger partial charge is 0.223 e. The minimum absolute atomic E-state index is 0.130. The molecule has 0 bridgehead atoms. The van der Waals surface area contributed by atoms with E-state index in [9.17, 15) is 4.79 Å². The summed E-state index contributed by atoms with van der Waals surface area (Å²) >= 11 is 3.64. The zero-order valence-corrected chi connectivity index (χ0v) is 13.9. The highest BCUT2D eigenvalue weighted by atomic mass is 79.9. The van der Waals surface area contributed by atoms with Crippen LogP contribution in [0.15, 0.2) is 28.7 Å². The fourth-order valence-electron chi connectivity index (χ4n) is 3.64. The zero-order chi connectivity index (χ0) is 14.9. The Kier molecular flexibility index (Phi) is 4.36. The van der Waals surface area contributed by atoms with Crippen molar-refractivity contribution < 1.29 is 4.79 Å². The summed E-state index contributed by atoms with van der Waals surface area (Å²) in [6, 6.07) is 8.36. The van der Waals surface area contributed by atoms with E-state index >= 15 is 0 Å². The van der Waals surface area contributed by atoms with Crippen LogP contribution in [-0.2, 0) is 10.2 Å². The van der Waals surface area contributed by atoms with Gasteiger partial charge in [0.1, 0.15) is 0 Å². The van der Waals surface area contributed by atoms with Gasteiger partial charge in [-0.3, -0.25) is 4.79 Å². The van der Waals surface area contributed by atoms with Gasteiger partial charge in [0, 0.05) is 22.4 Å². The molecule has 3 rings (SSSR count). The van der Waals surface area contributed by atoms with Crippen LogP contribution in [0, 0.1) is 11.8 Å². The summed E-state index contributed by atoms with van der Waals surface area (Å²) in [5.41, 5.74) is 7.25. The largest absolute Gasteiger partial charge is 0.355 e. The maximum absolute atomic E-state index is 12.4. The number of hydrogen-bond donors (Lipinski definition) is 2. The maximum atomic E-state index is 12.4. The van der Waals surface area contributed by atoms with E-state index in [-0.39, 0.29) is 17.2 Å². The summed E-state index contributed by atoms with van der Waals surface area (Å²) in [7, 11) is 0. The van der Waals surface area contributed by atoms with Crippen molar-refractivity contribution in [1.82, 2.24) is 5.32 Å². The normalized spacial score (nSPS) is 26.6. The Morgan fingerprint density at radius 1 is 1.33 bits per heavy atom. The zero-order valence-electron chi connectivity index (χ0n) is 12.3. The number of nitrogens with one attached hydrogen (secondary N) is 1. The molecule has 0 aromatic heterocycles. The maximum Gasteiger partial charge on any atom is 0.223 e. The number of benzene rings is 1. The molecule has 1 aromatic rings. The van der Waals surface area contributed by atoms with Crippen LogP contribution in [0.25, 0.3) is 0 Å². The molecule has 0 saturated heterocycles. The van der Waals surface area contributed by atoms with Gasteiger partial charge in [0.25, 0.3) is 0 Å². The topological polar surface area (TPSA) is 55.1 Å². The number of carbonyl (C=O) groups is 1. The molecule has 1 amide bonds. The predicted octanol–water partition coefficient (Wildman–Crippen LogP) is 2.97. The number of halogens is 1. The van der Waals surface area contributed by atoms with Gasteiger partial charge in [-0.2, -0.15) is 0 Å². The fraction of sp³-hybridized carbons (Fsp3) is 0.588. The van der Waals surface area contributed by atoms with E-state index < -0.39 is 0 Å². The quantitative estimate of drug-likeness (QED) is 0.857. The van der Waals surface area contributed by atoms with Gasteiger partial charge in [-0.15, -0.1) is 0 Å². The highest BCUT2D eigenvalue weighted by Gasteiger charge is 2.46. The second-order valence-electron chi connectivity index (χ2n) is 6.51. The van der Waals surface area contributed by atoms with E-state index in [1.807, 2.05) is 6.07 Å². The fourth-order valence-corrected chi connectivity index (χ4v) is 4.34. The first-order valence-electron chi connectivity index (χ1n) is 7.89. The van der Waals surface area contributed by atoms with Crippen molar-refractivity contribution in [2.24, 2.45) is 17.6 Å². The molecule has 2 aliphatic carbocycles. The second-order valence-corrected chi connectivity index (χ2v) is 7.37. The molecular weight excluding hydrogens is 328 g/mol. The van der Waals surface area contributed by atoms with Gasteiger partial charge in [-0.05, 0) is 49.8 Å². The predicted molar refractivity (Wildman–Crippen MR) is 87.9 cm³/mol. The lowest BCUT2D eigenvalue weighted by Gasteiger charge is -2.22. The van der Waals surface area contributed by atoms with E-state index in [0.717, 1.165) is 43.1 Å². The van der Waals surface area contributed by atoms with Crippen LogP contribution >= 0.6 is 15.9 Å². The summed E-state index contributed by atoms with van der Waals surface area (Å²) in [5.74, 6) is 0.718. The molecule has 0 radical (unpaired) electrons. The SMILES string of the molecule is NC[C@H]1CCC[C@H]1C(=O)NCC1(c2ccccc2Br)CC1. The molecule has 3 nitrogen and oxygen atoms in total. The monoisotopic (exact) mass is 350 g/mol. The first-order valence-corrected chi connectivity index (χ1v) is 8.68. The van der Waals surface area contributed by atoms with Crippen LogP contribution < -0.4 is 11.1 Å². The average Bonchev–Trinajstić information content (AvgIpc) is 3.12. The third-order valence-corrected chi connectivity index (χ3v) is 5.89. The van der Waals surface area contributed by atoms with Gasteiger partial charge in [-0.1, -0.05) is 40.5 Å². The molecule has 2 aliphatic rings. The Hall–Kier alpha value is -0.870. The minimum atomic E-state index is 0.130. The highest BCUT2D eigenvalue weighted by molar-refractivity contribution is 9.10. The van der Waals surface area contributed by atoms with Gasteiger partial charge >= 0.3 is 0 Å². The molecule has 2 fully saturated rings. The molecule has 0 aliphatic heterocycles. The Morgan fingerprint density at radius 2 is 2.10 bits per heavy atom. The van der Waals surface area contributed by atoms with E-state index in [4.69, 9.17) is 5.73 Å². The lowest BCUT2D eigenvalue weighted by molar-refractivity contribution is -0.126. The first kappa shape index (κ1) is 15.0. The second kappa shape index (κ2) is 6.09. The van der Waals surface area contributed by atoms with Crippen LogP contribution in [0.5, 0.6) is 0 Å². The van der Waals surface area contributed by atoms with Gasteiger partial charge in [0.15, 0.2) is 0 Å². The van der Waals surface area contributed by atoms with E-state index in [0.29, 0.717) is 12.5 Å². The standard InChI is InChI=1S/C17H23BrN2O/c18-15-7-2-1-6-14(15)17(8-9-17)11-20-16(21)13-5-3-4-12(13)10-19/h1-2,6-7,12-13H,3-5,8-11,19H2,(H,20,21)/t12-,13-/m1/s1. The van der Waals surface area contributed by atoms with Crippen LogP contribution in [0.4, 0.5) is 0 Å². The van der Waals surface area contributed by atoms with E-state index in [2.05, 4.69) is 39.4 Å². The van der Waals surface area contributed by atoms with Crippen molar-refractivity contribution in [3.63, 3.8) is 0 Å². The minimum Gasteiger partial charge on any atom is -0.355 e. The van der Waals surface area contributed by atoms with Crippen molar-refractivity contribution in [3.8, 4) is 0 Å². The molecule has 4 heteroatoms. The summed E-state index contributed by atoms with van der Waals surface area (Å²) in [6.45, 7) is 1.38. The van der Waals surface area contributed by atoms with Crippen LogP contribution in [0.1, 0.15) is 37.7 Å². The molecular formula is C17H23BrN2O. The summed E-state index contributed by atoms with van der Waals surface area (Å²) in [6.07, 6.45) is 5.54. The molecule has 1 aromatic carbocycles. The van der Waals surface area contributed by atoms with Crippen molar-refractivity contribution in [3.05, 3.63) is 34.3 Å². The Balaban J connectivity index is 1.63. The first-order chi connectivity index (χ1) is 10.2. The van der Waals surface area contributed by atoms with Crippen molar-refractivity contribution in [2.45, 2.75) is 37.5 Å². The van der Waals surface area contributed by atoms with Gasteiger partial charge in [0.05, 0.1) is 0 Å². The third-order valence-electron chi connectivity index (χ3n) is 5.20. The van der Waals surface area contributed by atoms with Crippen LogP contribution in [0.3, 0.4) is 0 Å². The molecule has 0 unspecified atom stereocenters. The Morgan fingerprint density at radius 3 is 2.76 bits per heavy atom. The molecule has 0 heterocycles. The molecule has 21 heavy (non-hydrogen) atoms. The molecule has 2 atom stereocenters. The lowest BCUT2D eigenvalue weighted by Crippen LogP contribution is -2.39. The van der Waals surface area contributed by atoms with E-state index in [1.165, 1.54) is 5.56 Å². The molecule has 2 saturated carbocycles. The number of hydrogen-bond acceptors (Lipinski definition) is 2. The molecule has 3 N–H and O–H groups in total. The van der Waals surface area contributed by atoms with Crippen LogP contribution in [0.2, 0.25) is 0 Å². The average molecular weight is 351 g/mol. The van der Waals surface area contributed by atoms with Crippen molar-refractivity contribution in [1.29, 1.82) is 0 Å². The number of nitrogens with two attached hydrogens (primary N) is 1. The highest BCUT2D eigenvalue weighted by Crippen LogP contribution is 2.50.